The Morgan fingerprint density at radius 3 is 2.59 bits per heavy atom. The van der Waals surface area contributed by atoms with E-state index in [2.05, 4.69) is 61.5 Å². The Morgan fingerprint density at radius 1 is 1.07 bits per heavy atom. The van der Waals surface area contributed by atoms with Crippen molar-refractivity contribution in [1.29, 1.82) is 5.41 Å². The molecule has 0 radical (unpaired) electrons. The van der Waals surface area contributed by atoms with Crippen LogP contribution >= 0.6 is 11.8 Å². The highest BCUT2D eigenvalue weighted by Crippen LogP contribution is 2.37. The van der Waals surface area contributed by atoms with Crippen molar-refractivity contribution in [2.24, 2.45) is 16.0 Å². The van der Waals surface area contributed by atoms with Crippen LogP contribution in [0.2, 0.25) is 0 Å². The van der Waals surface area contributed by atoms with E-state index in [0.717, 1.165) is 45.8 Å². The third-order valence-corrected chi connectivity index (χ3v) is 9.33. The summed E-state index contributed by atoms with van der Waals surface area (Å²) in [5.41, 5.74) is 4.44. The summed E-state index contributed by atoms with van der Waals surface area (Å²) in [5.74, 6) is 1.02. The molecule has 1 aromatic heterocycles. The van der Waals surface area contributed by atoms with Crippen molar-refractivity contribution >= 4 is 50.7 Å². The van der Waals surface area contributed by atoms with Crippen molar-refractivity contribution in [3.8, 4) is 5.75 Å². The third kappa shape index (κ3) is 5.25. The quantitative estimate of drug-likeness (QED) is 0.312. The lowest BCUT2D eigenvalue weighted by molar-refractivity contribution is -0.114. The van der Waals surface area contributed by atoms with Crippen LogP contribution in [0.25, 0.3) is 17.0 Å². The standard InChI is InChI=1S/C33H37N5O2S/c1-21-24(20-25-29(34)38-32(35-30(25)39)41-31(36-38)22-12-6-5-7-13-22)23-14-8-10-16-27(23)37(21)18-19-40-28-17-11-9-15-26(28)33(2,3)4/h8-11,14-17,20,22,34H,5-7,12-13,18-19H2,1-4H3/b25-20-,34-29?. The molecule has 2 aliphatic heterocycles. The summed E-state index contributed by atoms with van der Waals surface area (Å²) in [6, 6.07) is 16.4. The molecule has 1 amide bonds. The first-order valence-electron chi connectivity index (χ1n) is 14.5. The van der Waals surface area contributed by atoms with Gasteiger partial charge in [-0.15, -0.1) is 0 Å². The lowest BCUT2D eigenvalue weighted by Crippen LogP contribution is -2.35. The van der Waals surface area contributed by atoms with E-state index in [9.17, 15) is 4.79 Å². The molecule has 2 aromatic carbocycles. The molecule has 212 valence electrons. The molecule has 0 atom stereocenters. The average molecular weight is 568 g/mol. The number of hydrazone groups is 1. The highest BCUT2D eigenvalue weighted by Gasteiger charge is 2.38. The normalized spacial score (nSPS) is 19.1. The first kappa shape index (κ1) is 27.5. The third-order valence-electron chi connectivity index (χ3n) is 8.26. The summed E-state index contributed by atoms with van der Waals surface area (Å²) >= 11 is 1.46. The molecule has 1 N–H and O–H groups in total. The van der Waals surface area contributed by atoms with E-state index in [1.165, 1.54) is 36.6 Å². The Kier molecular flexibility index (Phi) is 7.36. The van der Waals surface area contributed by atoms with Crippen LogP contribution in [0.3, 0.4) is 0 Å². The zero-order chi connectivity index (χ0) is 28.7. The second kappa shape index (κ2) is 11.0. The summed E-state index contributed by atoms with van der Waals surface area (Å²) in [4.78, 5) is 17.6. The highest BCUT2D eigenvalue weighted by molar-refractivity contribution is 8.27. The summed E-state index contributed by atoms with van der Waals surface area (Å²) < 4.78 is 8.54. The number of fused-ring (bicyclic) bond motifs is 2. The van der Waals surface area contributed by atoms with Gasteiger partial charge in [0.25, 0.3) is 5.91 Å². The van der Waals surface area contributed by atoms with Gasteiger partial charge in [0.15, 0.2) is 5.84 Å². The smallest absolute Gasteiger partial charge is 0.283 e. The van der Waals surface area contributed by atoms with Gasteiger partial charge in [0.1, 0.15) is 17.4 Å². The van der Waals surface area contributed by atoms with Gasteiger partial charge in [-0.2, -0.15) is 15.1 Å². The van der Waals surface area contributed by atoms with Gasteiger partial charge in [0, 0.05) is 28.1 Å². The number of hydrogen-bond acceptors (Lipinski definition) is 5. The molecule has 3 aliphatic rings. The van der Waals surface area contributed by atoms with Crippen LogP contribution in [0.15, 0.2) is 64.2 Å². The fraction of sp³-hybridized carbons (Fsp3) is 0.394. The second-order valence-electron chi connectivity index (χ2n) is 12.1. The van der Waals surface area contributed by atoms with Gasteiger partial charge in [-0.05, 0) is 60.7 Å². The summed E-state index contributed by atoms with van der Waals surface area (Å²) in [5, 5.41) is 17.8. The van der Waals surface area contributed by atoms with Gasteiger partial charge in [-0.25, -0.2) is 0 Å². The van der Waals surface area contributed by atoms with E-state index < -0.39 is 0 Å². The maximum atomic E-state index is 13.2. The predicted molar refractivity (Wildman–Crippen MR) is 169 cm³/mol. The fourth-order valence-electron chi connectivity index (χ4n) is 6.05. The molecule has 41 heavy (non-hydrogen) atoms. The SMILES string of the molecule is Cc1c(/C=C2/C(=N)N3N=C(C4CCCCC4)SC3=NC2=O)c2ccccc2n1CCOc1ccccc1C(C)(C)C. The van der Waals surface area contributed by atoms with Crippen molar-refractivity contribution in [2.45, 2.75) is 71.8 Å². The molecule has 0 saturated heterocycles. The monoisotopic (exact) mass is 567 g/mol. The number of amidine groups is 2. The molecular weight excluding hydrogens is 530 g/mol. The summed E-state index contributed by atoms with van der Waals surface area (Å²) in [6.07, 6.45) is 7.73. The van der Waals surface area contributed by atoms with Crippen molar-refractivity contribution in [3.05, 3.63) is 70.9 Å². The van der Waals surface area contributed by atoms with Gasteiger partial charge < -0.3 is 9.30 Å². The van der Waals surface area contributed by atoms with E-state index in [1.54, 1.807) is 5.01 Å². The number of carbonyl (C=O) groups is 1. The maximum absolute atomic E-state index is 13.2. The van der Waals surface area contributed by atoms with E-state index in [4.69, 9.17) is 15.2 Å². The Labute approximate surface area is 245 Å². The van der Waals surface area contributed by atoms with Crippen LogP contribution in [0.5, 0.6) is 5.75 Å². The lowest BCUT2D eigenvalue weighted by atomic mass is 9.86. The number of benzene rings is 2. The molecule has 7 nitrogen and oxygen atoms in total. The van der Waals surface area contributed by atoms with Gasteiger partial charge in [0.2, 0.25) is 5.17 Å². The maximum Gasteiger partial charge on any atom is 0.283 e. The minimum absolute atomic E-state index is 0.0135. The van der Waals surface area contributed by atoms with Crippen LogP contribution in [-0.4, -0.2) is 38.1 Å². The van der Waals surface area contributed by atoms with Crippen LogP contribution in [-0.2, 0) is 16.8 Å². The van der Waals surface area contributed by atoms with E-state index in [0.29, 0.717) is 24.2 Å². The topological polar surface area (TPSA) is 83.0 Å². The number of rotatable bonds is 6. The van der Waals surface area contributed by atoms with Crippen molar-refractivity contribution in [2.75, 3.05) is 6.61 Å². The molecule has 0 bridgehead atoms. The number of hydrogen-bond donors (Lipinski definition) is 1. The molecule has 1 saturated carbocycles. The Balaban J connectivity index is 1.28. The van der Waals surface area contributed by atoms with Crippen LogP contribution < -0.4 is 4.74 Å². The molecule has 3 aromatic rings. The Bertz CT molecular complexity index is 1620. The van der Waals surface area contributed by atoms with Crippen LogP contribution in [0, 0.1) is 18.3 Å². The highest BCUT2D eigenvalue weighted by atomic mass is 32.2. The van der Waals surface area contributed by atoms with Crippen molar-refractivity contribution < 1.29 is 9.53 Å². The molecule has 1 fully saturated rings. The summed E-state index contributed by atoms with van der Waals surface area (Å²) in [6.45, 7) is 9.80. The number of amides is 1. The largest absolute Gasteiger partial charge is 0.491 e. The Morgan fingerprint density at radius 2 is 1.80 bits per heavy atom. The molecule has 8 heteroatoms. The average Bonchev–Trinajstić information content (AvgIpc) is 3.50. The molecule has 3 heterocycles. The number of nitrogens with zero attached hydrogens (tertiary/aromatic N) is 4. The molecule has 0 spiro atoms. The molecule has 6 rings (SSSR count). The number of carbonyl (C=O) groups excluding carboxylic acids is 1. The van der Waals surface area contributed by atoms with E-state index in [1.807, 2.05) is 30.3 Å². The van der Waals surface area contributed by atoms with Crippen molar-refractivity contribution in [3.63, 3.8) is 0 Å². The predicted octanol–water partition coefficient (Wildman–Crippen LogP) is 7.53. The number of ether oxygens (including phenoxy) is 1. The first-order valence-corrected chi connectivity index (χ1v) is 15.3. The number of nitrogens with one attached hydrogen (secondary N) is 1. The number of thioether (sulfide) groups is 1. The van der Waals surface area contributed by atoms with Gasteiger partial charge in [-0.1, -0.05) is 76.4 Å². The van der Waals surface area contributed by atoms with E-state index >= 15 is 0 Å². The molecule has 1 aliphatic carbocycles. The van der Waals surface area contributed by atoms with Crippen LogP contribution in [0.1, 0.15) is 69.7 Å². The minimum Gasteiger partial charge on any atom is -0.491 e. The number of para-hydroxylation sites is 2. The number of aliphatic imine (C=N–C) groups is 1. The van der Waals surface area contributed by atoms with Crippen molar-refractivity contribution in [1.82, 2.24) is 9.58 Å². The summed E-state index contributed by atoms with van der Waals surface area (Å²) in [7, 11) is 0. The zero-order valence-corrected chi connectivity index (χ0v) is 25.1. The van der Waals surface area contributed by atoms with Gasteiger partial charge in [0.05, 0.1) is 12.1 Å². The lowest BCUT2D eigenvalue weighted by Gasteiger charge is -2.23. The van der Waals surface area contributed by atoms with E-state index in [-0.39, 0.29) is 22.7 Å². The Hall–Kier alpha value is -3.65. The number of aromatic nitrogens is 1. The zero-order valence-electron chi connectivity index (χ0n) is 24.2. The second-order valence-corrected chi connectivity index (χ2v) is 13.0. The minimum atomic E-state index is -0.382. The van der Waals surface area contributed by atoms with Gasteiger partial charge in [-0.3, -0.25) is 10.2 Å². The van der Waals surface area contributed by atoms with Crippen LogP contribution in [0.4, 0.5) is 0 Å². The first-order chi connectivity index (χ1) is 19.7. The molecular formula is C33H37N5O2S. The molecule has 0 unspecified atom stereocenters. The fourth-order valence-corrected chi connectivity index (χ4v) is 7.11. The van der Waals surface area contributed by atoms with Gasteiger partial charge >= 0.3 is 0 Å².